The van der Waals surface area contributed by atoms with Crippen LogP contribution in [0.25, 0.3) is 0 Å². The van der Waals surface area contributed by atoms with E-state index in [1.165, 1.54) is 0 Å². The van der Waals surface area contributed by atoms with Gasteiger partial charge in [-0.25, -0.2) is 0 Å². The highest BCUT2D eigenvalue weighted by Gasteiger charge is 2.16. The summed E-state index contributed by atoms with van der Waals surface area (Å²) in [6.45, 7) is 2.51. The van der Waals surface area contributed by atoms with Gasteiger partial charge in [-0.3, -0.25) is 16.3 Å². The first-order valence-electron chi connectivity index (χ1n) is 6.62. The standard InChI is InChI=1S/C15H17Cl2N3O/c1-2-21-11-6-10(8-19-9-11)15(20-18)7-12-13(16)4-3-5-14(12)17/h3-6,8-9,15,20H,2,7,18H2,1H3. The fourth-order valence-electron chi connectivity index (χ4n) is 2.08. The second-order valence-corrected chi connectivity index (χ2v) is 5.32. The van der Waals surface area contributed by atoms with Gasteiger partial charge < -0.3 is 4.74 Å². The maximum Gasteiger partial charge on any atom is 0.137 e. The second kappa shape index (κ2) is 7.61. The summed E-state index contributed by atoms with van der Waals surface area (Å²) in [5.74, 6) is 6.38. The van der Waals surface area contributed by atoms with Gasteiger partial charge in [0.05, 0.1) is 18.8 Å². The van der Waals surface area contributed by atoms with Gasteiger partial charge in [0.25, 0.3) is 0 Å². The molecule has 6 heteroatoms. The van der Waals surface area contributed by atoms with E-state index in [9.17, 15) is 0 Å². The van der Waals surface area contributed by atoms with E-state index < -0.39 is 0 Å². The molecule has 0 radical (unpaired) electrons. The maximum absolute atomic E-state index is 6.21. The van der Waals surface area contributed by atoms with Gasteiger partial charge in [0.1, 0.15) is 5.75 Å². The van der Waals surface area contributed by atoms with Crippen molar-refractivity contribution in [3.63, 3.8) is 0 Å². The summed E-state index contributed by atoms with van der Waals surface area (Å²) in [7, 11) is 0. The average molecular weight is 326 g/mol. The fourth-order valence-corrected chi connectivity index (χ4v) is 2.63. The van der Waals surface area contributed by atoms with E-state index in [2.05, 4.69) is 10.4 Å². The van der Waals surface area contributed by atoms with Crippen LogP contribution in [0, 0.1) is 0 Å². The van der Waals surface area contributed by atoms with Gasteiger partial charge in [-0.1, -0.05) is 29.3 Å². The van der Waals surface area contributed by atoms with Crippen molar-refractivity contribution in [3.05, 3.63) is 57.8 Å². The summed E-state index contributed by atoms with van der Waals surface area (Å²) in [5.41, 5.74) is 4.55. The van der Waals surface area contributed by atoms with Crippen LogP contribution in [-0.2, 0) is 6.42 Å². The first kappa shape index (κ1) is 16.0. The van der Waals surface area contributed by atoms with Crippen molar-refractivity contribution < 1.29 is 4.74 Å². The SMILES string of the molecule is CCOc1cncc(C(Cc2c(Cl)cccc2Cl)NN)c1. The molecule has 0 fully saturated rings. The minimum absolute atomic E-state index is 0.157. The van der Waals surface area contributed by atoms with Gasteiger partial charge in [-0.05, 0) is 42.7 Å². The first-order valence-corrected chi connectivity index (χ1v) is 7.38. The van der Waals surface area contributed by atoms with E-state index in [1.807, 2.05) is 31.2 Å². The van der Waals surface area contributed by atoms with Crippen molar-refractivity contribution in [1.82, 2.24) is 10.4 Å². The molecule has 2 rings (SSSR count). The topological polar surface area (TPSA) is 60.2 Å². The summed E-state index contributed by atoms with van der Waals surface area (Å²) < 4.78 is 5.46. The molecule has 2 aromatic rings. The summed E-state index contributed by atoms with van der Waals surface area (Å²) in [5, 5.41) is 1.24. The fraction of sp³-hybridized carbons (Fsp3) is 0.267. The van der Waals surface area contributed by atoms with Gasteiger partial charge in [0.2, 0.25) is 0 Å². The van der Waals surface area contributed by atoms with Crippen LogP contribution in [0.4, 0.5) is 0 Å². The monoisotopic (exact) mass is 325 g/mol. The molecule has 112 valence electrons. The van der Waals surface area contributed by atoms with Crippen LogP contribution in [0.1, 0.15) is 24.1 Å². The molecule has 0 saturated heterocycles. The molecule has 1 atom stereocenters. The van der Waals surface area contributed by atoms with E-state index in [0.29, 0.717) is 28.8 Å². The van der Waals surface area contributed by atoms with Gasteiger partial charge in [-0.15, -0.1) is 0 Å². The number of benzene rings is 1. The number of nitrogens with two attached hydrogens (primary N) is 1. The van der Waals surface area contributed by atoms with Crippen molar-refractivity contribution in [2.24, 2.45) is 5.84 Å². The number of ether oxygens (including phenoxy) is 1. The molecule has 3 N–H and O–H groups in total. The second-order valence-electron chi connectivity index (χ2n) is 4.51. The quantitative estimate of drug-likeness (QED) is 0.630. The Morgan fingerprint density at radius 3 is 2.62 bits per heavy atom. The Morgan fingerprint density at radius 2 is 2.00 bits per heavy atom. The molecule has 21 heavy (non-hydrogen) atoms. The molecule has 1 heterocycles. The van der Waals surface area contributed by atoms with Crippen LogP contribution in [0.3, 0.4) is 0 Å². The van der Waals surface area contributed by atoms with Crippen LogP contribution >= 0.6 is 23.2 Å². The van der Waals surface area contributed by atoms with E-state index in [1.54, 1.807) is 12.4 Å². The van der Waals surface area contributed by atoms with Crippen molar-refractivity contribution >= 4 is 23.2 Å². The Hall–Kier alpha value is -1.33. The van der Waals surface area contributed by atoms with Crippen LogP contribution in [0.15, 0.2) is 36.7 Å². The summed E-state index contributed by atoms with van der Waals surface area (Å²) in [6.07, 6.45) is 3.98. The van der Waals surface area contributed by atoms with E-state index in [4.69, 9.17) is 33.8 Å². The molecule has 0 amide bonds. The zero-order valence-electron chi connectivity index (χ0n) is 11.6. The van der Waals surface area contributed by atoms with E-state index >= 15 is 0 Å². The largest absolute Gasteiger partial charge is 0.492 e. The zero-order valence-corrected chi connectivity index (χ0v) is 13.2. The van der Waals surface area contributed by atoms with Gasteiger partial charge in [0.15, 0.2) is 0 Å². The zero-order chi connectivity index (χ0) is 15.2. The Balaban J connectivity index is 2.26. The molecule has 0 aliphatic carbocycles. The molecule has 0 bridgehead atoms. The Morgan fingerprint density at radius 1 is 1.29 bits per heavy atom. The summed E-state index contributed by atoms with van der Waals surface area (Å²) >= 11 is 12.4. The van der Waals surface area contributed by atoms with Gasteiger partial charge in [0, 0.05) is 16.2 Å². The Bertz CT molecular complexity index is 587. The van der Waals surface area contributed by atoms with Crippen molar-refractivity contribution in [1.29, 1.82) is 0 Å². The molecule has 1 aromatic heterocycles. The lowest BCUT2D eigenvalue weighted by Crippen LogP contribution is -2.29. The highest BCUT2D eigenvalue weighted by atomic mass is 35.5. The highest BCUT2D eigenvalue weighted by molar-refractivity contribution is 6.36. The normalized spacial score (nSPS) is 12.2. The third kappa shape index (κ3) is 4.08. The minimum Gasteiger partial charge on any atom is -0.492 e. The number of halogens is 2. The lowest BCUT2D eigenvalue weighted by molar-refractivity contribution is 0.338. The van der Waals surface area contributed by atoms with Crippen LogP contribution in [0.2, 0.25) is 10.0 Å². The van der Waals surface area contributed by atoms with Gasteiger partial charge >= 0.3 is 0 Å². The molecule has 0 saturated carbocycles. The number of hydrazine groups is 1. The molecule has 0 spiro atoms. The number of hydrogen-bond acceptors (Lipinski definition) is 4. The van der Waals surface area contributed by atoms with E-state index in [-0.39, 0.29) is 6.04 Å². The lowest BCUT2D eigenvalue weighted by Gasteiger charge is -2.18. The average Bonchev–Trinajstić information content (AvgIpc) is 2.48. The molecule has 0 aliphatic heterocycles. The summed E-state index contributed by atoms with van der Waals surface area (Å²) in [4.78, 5) is 4.17. The van der Waals surface area contributed by atoms with Gasteiger partial charge in [-0.2, -0.15) is 0 Å². The number of hydrogen-bond donors (Lipinski definition) is 2. The molecule has 1 aromatic carbocycles. The molecule has 4 nitrogen and oxygen atoms in total. The number of nitrogens with one attached hydrogen (secondary N) is 1. The van der Waals surface area contributed by atoms with Crippen LogP contribution in [-0.4, -0.2) is 11.6 Å². The lowest BCUT2D eigenvalue weighted by atomic mass is 10.0. The van der Waals surface area contributed by atoms with E-state index in [0.717, 1.165) is 11.1 Å². The van der Waals surface area contributed by atoms with Crippen molar-refractivity contribution in [3.8, 4) is 5.75 Å². The third-order valence-corrected chi connectivity index (χ3v) is 3.83. The minimum atomic E-state index is -0.157. The predicted octanol–water partition coefficient (Wildman–Crippen LogP) is 3.53. The molecular weight excluding hydrogens is 309 g/mol. The van der Waals surface area contributed by atoms with Crippen LogP contribution < -0.4 is 16.0 Å². The first-order chi connectivity index (χ1) is 10.2. The number of nitrogens with zero attached hydrogens (tertiary/aromatic N) is 1. The smallest absolute Gasteiger partial charge is 0.137 e. The molecular formula is C15H17Cl2N3O. The summed E-state index contributed by atoms with van der Waals surface area (Å²) in [6, 6.07) is 7.19. The molecule has 0 aliphatic rings. The Kier molecular flexibility index (Phi) is 5.82. The highest BCUT2D eigenvalue weighted by Crippen LogP contribution is 2.29. The van der Waals surface area contributed by atoms with Crippen molar-refractivity contribution in [2.45, 2.75) is 19.4 Å². The maximum atomic E-state index is 6.21. The Labute approximate surface area is 134 Å². The van der Waals surface area contributed by atoms with Crippen molar-refractivity contribution in [2.75, 3.05) is 6.61 Å². The third-order valence-electron chi connectivity index (χ3n) is 3.12. The predicted molar refractivity (Wildman–Crippen MR) is 85.6 cm³/mol. The van der Waals surface area contributed by atoms with Crippen LogP contribution in [0.5, 0.6) is 5.75 Å². The number of rotatable bonds is 6. The molecule has 1 unspecified atom stereocenters. The number of aromatic nitrogens is 1. The number of pyridine rings is 1.